The van der Waals surface area contributed by atoms with Crippen LogP contribution in [0.4, 0.5) is 0 Å². The summed E-state index contributed by atoms with van der Waals surface area (Å²) in [6.45, 7) is 2.20. The molecule has 0 aromatic carbocycles. The van der Waals surface area contributed by atoms with Gasteiger partial charge in [-0.25, -0.2) is 9.59 Å². The van der Waals surface area contributed by atoms with Crippen molar-refractivity contribution in [3.8, 4) is 0 Å². The van der Waals surface area contributed by atoms with Crippen molar-refractivity contribution in [1.82, 2.24) is 0 Å². The third-order valence-corrected chi connectivity index (χ3v) is 2.89. The molecule has 0 aromatic heterocycles. The summed E-state index contributed by atoms with van der Waals surface area (Å²) in [5.41, 5.74) is 0. The summed E-state index contributed by atoms with van der Waals surface area (Å²) in [5, 5.41) is 0. The van der Waals surface area contributed by atoms with E-state index in [0.717, 1.165) is 25.0 Å². The second kappa shape index (κ2) is 8.72. The molecule has 0 spiro atoms. The van der Waals surface area contributed by atoms with Gasteiger partial charge in [0.2, 0.25) is 6.29 Å². The molecule has 0 aliphatic carbocycles. The highest BCUT2D eigenvalue weighted by Crippen LogP contribution is 2.14. The molecule has 0 aromatic rings. The van der Waals surface area contributed by atoms with Gasteiger partial charge in [-0.2, -0.15) is 0 Å². The number of unbranched alkanes of at least 4 members (excludes halogenated alkanes) is 6. The second-order valence-electron chi connectivity index (χ2n) is 4.55. The number of cyclic esters (lactones) is 2. The molecular formula is C14H22O4. The van der Waals surface area contributed by atoms with Gasteiger partial charge < -0.3 is 9.47 Å². The van der Waals surface area contributed by atoms with E-state index in [1.165, 1.54) is 32.1 Å². The first-order valence-corrected chi connectivity index (χ1v) is 6.81. The maximum absolute atomic E-state index is 11.1. The maximum Gasteiger partial charge on any atom is 0.334 e. The number of carbonyl (C=O) groups is 2. The van der Waals surface area contributed by atoms with Gasteiger partial charge in [0.05, 0.1) is 0 Å². The summed E-state index contributed by atoms with van der Waals surface area (Å²) in [6.07, 6.45) is 10.4. The topological polar surface area (TPSA) is 52.6 Å². The van der Waals surface area contributed by atoms with E-state index in [-0.39, 0.29) is 0 Å². The highest BCUT2D eigenvalue weighted by Gasteiger charge is 2.19. The van der Waals surface area contributed by atoms with Crippen LogP contribution in [0.3, 0.4) is 0 Å². The van der Waals surface area contributed by atoms with Crippen molar-refractivity contribution in [1.29, 1.82) is 0 Å². The molecule has 0 bridgehead atoms. The van der Waals surface area contributed by atoms with Gasteiger partial charge in [0.1, 0.15) is 0 Å². The van der Waals surface area contributed by atoms with Crippen molar-refractivity contribution in [3.05, 3.63) is 12.2 Å². The average Bonchev–Trinajstić information content (AvgIpc) is 2.50. The zero-order valence-corrected chi connectivity index (χ0v) is 11.0. The van der Waals surface area contributed by atoms with Gasteiger partial charge in [-0.1, -0.05) is 45.4 Å². The van der Waals surface area contributed by atoms with Crippen LogP contribution in [0.25, 0.3) is 0 Å². The zero-order chi connectivity index (χ0) is 13.2. The SMILES string of the molecule is CCCCCCCCCC1OC(=O)C=CC(=O)O1. The molecular weight excluding hydrogens is 232 g/mol. The standard InChI is InChI=1S/C14H22O4/c1-2-3-4-5-6-7-8-9-14-17-12(15)10-11-13(16)18-14/h10-11,14H,2-9H2,1H3. The molecule has 1 rings (SSSR count). The molecule has 0 unspecified atom stereocenters. The smallest absolute Gasteiger partial charge is 0.334 e. The molecule has 0 amide bonds. The fourth-order valence-electron chi connectivity index (χ4n) is 1.88. The second-order valence-corrected chi connectivity index (χ2v) is 4.55. The van der Waals surface area contributed by atoms with E-state index in [1.807, 2.05) is 0 Å². The molecule has 1 aliphatic rings. The van der Waals surface area contributed by atoms with Crippen molar-refractivity contribution < 1.29 is 19.1 Å². The minimum atomic E-state index is -0.712. The van der Waals surface area contributed by atoms with E-state index in [9.17, 15) is 9.59 Å². The Morgan fingerprint density at radius 3 is 1.94 bits per heavy atom. The van der Waals surface area contributed by atoms with Crippen LogP contribution in [0.1, 0.15) is 58.3 Å². The van der Waals surface area contributed by atoms with Crippen molar-refractivity contribution >= 4 is 11.9 Å². The van der Waals surface area contributed by atoms with Crippen LogP contribution in [0.15, 0.2) is 12.2 Å². The lowest BCUT2D eigenvalue weighted by Crippen LogP contribution is -2.20. The van der Waals surface area contributed by atoms with Gasteiger partial charge in [-0.15, -0.1) is 0 Å². The molecule has 4 heteroatoms. The van der Waals surface area contributed by atoms with Crippen LogP contribution in [0.2, 0.25) is 0 Å². The third kappa shape index (κ3) is 6.42. The van der Waals surface area contributed by atoms with E-state index in [0.29, 0.717) is 6.42 Å². The minimum Gasteiger partial charge on any atom is -0.422 e. The fraction of sp³-hybridized carbons (Fsp3) is 0.714. The highest BCUT2D eigenvalue weighted by molar-refractivity contribution is 5.92. The molecule has 0 radical (unpaired) electrons. The zero-order valence-electron chi connectivity index (χ0n) is 11.0. The molecule has 0 fully saturated rings. The summed E-state index contributed by atoms with van der Waals surface area (Å²) in [4.78, 5) is 22.2. The molecule has 102 valence electrons. The third-order valence-electron chi connectivity index (χ3n) is 2.89. The Bertz CT molecular complexity index is 276. The van der Waals surface area contributed by atoms with Crippen LogP contribution >= 0.6 is 0 Å². The van der Waals surface area contributed by atoms with E-state index >= 15 is 0 Å². The predicted octanol–water partition coefficient (Wildman–Crippen LogP) is 3.11. The Labute approximate surface area is 108 Å². The molecule has 0 saturated carbocycles. The van der Waals surface area contributed by atoms with Gasteiger partial charge >= 0.3 is 11.9 Å². The van der Waals surface area contributed by atoms with E-state index in [4.69, 9.17) is 9.47 Å². The van der Waals surface area contributed by atoms with Crippen molar-refractivity contribution in [2.45, 2.75) is 64.6 Å². The van der Waals surface area contributed by atoms with Gasteiger partial charge in [-0.3, -0.25) is 0 Å². The summed E-state index contributed by atoms with van der Waals surface area (Å²) >= 11 is 0. The van der Waals surface area contributed by atoms with E-state index < -0.39 is 18.2 Å². The summed E-state index contributed by atoms with van der Waals surface area (Å²) in [7, 11) is 0. The van der Waals surface area contributed by atoms with Crippen LogP contribution in [0.5, 0.6) is 0 Å². The monoisotopic (exact) mass is 254 g/mol. The molecule has 1 aliphatic heterocycles. The van der Waals surface area contributed by atoms with Crippen LogP contribution in [-0.2, 0) is 19.1 Å². The lowest BCUT2D eigenvalue weighted by atomic mass is 10.1. The normalized spacial score (nSPS) is 16.3. The van der Waals surface area contributed by atoms with Crippen molar-refractivity contribution in [3.63, 3.8) is 0 Å². The quantitative estimate of drug-likeness (QED) is 0.493. The van der Waals surface area contributed by atoms with Gasteiger partial charge in [-0.05, 0) is 6.42 Å². The molecule has 4 nitrogen and oxygen atoms in total. The Morgan fingerprint density at radius 1 is 0.889 bits per heavy atom. The maximum atomic E-state index is 11.1. The number of hydrogen-bond donors (Lipinski definition) is 0. The lowest BCUT2D eigenvalue weighted by molar-refractivity contribution is -0.179. The summed E-state index contributed by atoms with van der Waals surface area (Å²) in [6, 6.07) is 0. The van der Waals surface area contributed by atoms with Crippen LogP contribution < -0.4 is 0 Å². The Balaban J connectivity index is 2.08. The lowest BCUT2D eigenvalue weighted by Gasteiger charge is -2.14. The Morgan fingerprint density at radius 2 is 1.39 bits per heavy atom. The fourth-order valence-corrected chi connectivity index (χ4v) is 1.88. The Hall–Kier alpha value is -1.32. The van der Waals surface area contributed by atoms with E-state index in [1.54, 1.807) is 0 Å². The van der Waals surface area contributed by atoms with Crippen molar-refractivity contribution in [2.75, 3.05) is 0 Å². The van der Waals surface area contributed by atoms with E-state index in [2.05, 4.69) is 6.92 Å². The van der Waals surface area contributed by atoms with Crippen LogP contribution in [0, 0.1) is 0 Å². The first-order valence-electron chi connectivity index (χ1n) is 6.81. The average molecular weight is 254 g/mol. The molecule has 0 atom stereocenters. The largest absolute Gasteiger partial charge is 0.422 e. The minimum absolute atomic E-state index is 0.506. The summed E-state index contributed by atoms with van der Waals surface area (Å²) < 4.78 is 9.92. The van der Waals surface area contributed by atoms with Gasteiger partial charge in [0.25, 0.3) is 0 Å². The van der Waals surface area contributed by atoms with Crippen molar-refractivity contribution in [2.24, 2.45) is 0 Å². The number of rotatable bonds is 8. The van der Waals surface area contributed by atoms with Crippen LogP contribution in [-0.4, -0.2) is 18.2 Å². The first kappa shape index (κ1) is 14.7. The molecule has 0 saturated heterocycles. The number of ether oxygens (including phenoxy) is 2. The molecule has 18 heavy (non-hydrogen) atoms. The highest BCUT2D eigenvalue weighted by atomic mass is 16.7. The predicted molar refractivity (Wildman–Crippen MR) is 67.7 cm³/mol. The van der Waals surface area contributed by atoms with Gasteiger partial charge in [0.15, 0.2) is 0 Å². The number of carbonyl (C=O) groups excluding carboxylic acids is 2. The molecule has 1 heterocycles. The number of hydrogen-bond acceptors (Lipinski definition) is 4. The molecule has 0 N–H and O–H groups in total. The Kier molecular flexibility index (Phi) is 7.14. The van der Waals surface area contributed by atoms with Gasteiger partial charge in [0, 0.05) is 18.6 Å². The number of esters is 2. The first-order chi connectivity index (χ1) is 8.72. The summed E-state index contributed by atoms with van der Waals surface area (Å²) in [5.74, 6) is -1.01.